The molecule has 342 valence electrons. The maximum absolute atomic E-state index is 2.47. The number of para-hydroxylation sites is 1. The summed E-state index contributed by atoms with van der Waals surface area (Å²) >= 11 is 0. The van der Waals surface area contributed by atoms with E-state index in [1.165, 1.54) is 77.5 Å². The van der Waals surface area contributed by atoms with Crippen LogP contribution in [0.4, 0.5) is 34.1 Å². The Morgan fingerprint density at radius 3 is 1.27 bits per heavy atom. The minimum Gasteiger partial charge on any atom is -0.310 e. The molecule has 0 aliphatic heterocycles. The average Bonchev–Trinajstić information content (AvgIpc) is 3.95. The van der Waals surface area contributed by atoms with Crippen LogP contribution in [0.1, 0.15) is 22.3 Å². The summed E-state index contributed by atoms with van der Waals surface area (Å²) in [7, 11) is 0. The number of benzene rings is 12. The van der Waals surface area contributed by atoms with E-state index in [0.29, 0.717) is 0 Å². The molecule has 12 aromatic carbocycles. The van der Waals surface area contributed by atoms with Crippen molar-refractivity contribution in [3.63, 3.8) is 0 Å². The first-order valence-corrected chi connectivity index (χ1v) is 25.2. The lowest BCUT2D eigenvalue weighted by molar-refractivity contribution is 0.793. The fourth-order valence-electron chi connectivity index (χ4n) is 12.1. The zero-order valence-electron chi connectivity index (χ0n) is 40.1. The summed E-state index contributed by atoms with van der Waals surface area (Å²) in [4.78, 5) is 4.84. The third-order valence-corrected chi connectivity index (χ3v) is 15.3. The molecule has 0 N–H and O–H groups in total. The summed E-state index contributed by atoms with van der Waals surface area (Å²) in [6, 6.07) is 107. The molecule has 2 aliphatic rings. The number of hydrogen-bond donors (Lipinski definition) is 0. The normalized spacial score (nSPS) is 12.5. The summed E-state index contributed by atoms with van der Waals surface area (Å²) in [5, 5.41) is 2.43. The van der Waals surface area contributed by atoms with E-state index >= 15 is 0 Å². The summed E-state index contributed by atoms with van der Waals surface area (Å²) in [5.74, 6) is 0. The van der Waals surface area contributed by atoms with Crippen LogP contribution in [-0.4, -0.2) is 0 Å². The summed E-state index contributed by atoms with van der Waals surface area (Å²) in [6.07, 6.45) is 0. The molecule has 0 fully saturated rings. The maximum Gasteiger partial charge on any atom is 0.0726 e. The van der Waals surface area contributed by atoms with Crippen molar-refractivity contribution in [2.24, 2.45) is 0 Å². The first-order valence-electron chi connectivity index (χ1n) is 25.2. The van der Waals surface area contributed by atoms with E-state index < -0.39 is 5.41 Å². The first-order chi connectivity index (χ1) is 36.2. The van der Waals surface area contributed by atoms with Gasteiger partial charge in [-0.2, -0.15) is 0 Å². The summed E-state index contributed by atoms with van der Waals surface area (Å²) < 4.78 is 0. The van der Waals surface area contributed by atoms with Crippen LogP contribution in [0, 0.1) is 0 Å². The highest BCUT2D eigenvalue weighted by Crippen LogP contribution is 2.63. The summed E-state index contributed by atoms with van der Waals surface area (Å²) in [5.41, 5.74) is 23.7. The number of rotatable bonds is 9. The fraction of sp³-hybridized carbons (Fsp3) is 0.0141. The van der Waals surface area contributed by atoms with E-state index in [1.54, 1.807) is 0 Å². The lowest BCUT2D eigenvalue weighted by atomic mass is 9.70. The average molecular weight is 929 g/mol. The topological polar surface area (TPSA) is 6.48 Å². The molecule has 1 spiro atoms. The van der Waals surface area contributed by atoms with Crippen molar-refractivity contribution in [1.82, 2.24) is 0 Å². The molecule has 0 aromatic heterocycles. The smallest absolute Gasteiger partial charge is 0.0726 e. The Labute approximate surface area is 427 Å². The monoisotopic (exact) mass is 928 g/mol. The molecule has 2 aliphatic carbocycles. The second-order valence-electron chi connectivity index (χ2n) is 19.2. The molecule has 12 aromatic rings. The van der Waals surface area contributed by atoms with E-state index in [1.807, 2.05) is 0 Å². The van der Waals surface area contributed by atoms with Gasteiger partial charge in [-0.25, -0.2) is 0 Å². The van der Waals surface area contributed by atoms with Crippen LogP contribution in [-0.2, 0) is 5.41 Å². The highest BCUT2D eigenvalue weighted by atomic mass is 15.1. The van der Waals surface area contributed by atoms with Crippen LogP contribution in [0.25, 0.3) is 66.4 Å². The van der Waals surface area contributed by atoms with E-state index in [9.17, 15) is 0 Å². The fourth-order valence-corrected chi connectivity index (χ4v) is 12.1. The van der Waals surface area contributed by atoms with Crippen LogP contribution >= 0.6 is 0 Å². The predicted octanol–water partition coefficient (Wildman–Crippen LogP) is 19.1. The van der Waals surface area contributed by atoms with Crippen molar-refractivity contribution in [3.05, 3.63) is 313 Å². The molecule has 0 radical (unpaired) electrons. The minimum atomic E-state index is -0.437. The first kappa shape index (κ1) is 42.4. The quantitative estimate of drug-likeness (QED) is 0.142. The number of hydrogen-bond acceptors (Lipinski definition) is 2. The minimum absolute atomic E-state index is 0.437. The maximum atomic E-state index is 2.47. The molecule has 0 amide bonds. The molecular weight excluding hydrogens is 881 g/mol. The Hall–Kier alpha value is -9.50. The Bertz CT molecular complexity index is 3950. The van der Waals surface area contributed by atoms with Gasteiger partial charge < -0.3 is 9.80 Å². The van der Waals surface area contributed by atoms with Gasteiger partial charge in [-0.1, -0.05) is 224 Å². The largest absolute Gasteiger partial charge is 0.310 e. The number of fused-ring (bicyclic) bond motifs is 11. The second-order valence-corrected chi connectivity index (χ2v) is 19.2. The van der Waals surface area contributed by atoms with Gasteiger partial charge in [0, 0.05) is 34.0 Å². The number of anilines is 6. The Kier molecular flexibility index (Phi) is 10.1. The molecule has 0 unspecified atom stereocenters. The van der Waals surface area contributed by atoms with Crippen molar-refractivity contribution in [2.45, 2.75) is 5.41 Å². The van der Waals surface area contributed by atoms with Crippen molar-refractivity contribution in [3.8, 4) is 55.6 Å². The molecule has 2 heteroatoms. The third kappa shape index (κ3) is 6.87. The van der Waals surface area contributed by atoms with Gasteiger partial charge in [-0.15, -0.1) is 0 Å². The zero-order chi connectivity index (χ0) is 48.3. The predicted molar refractivity (Wildman–Crippen MR) is 306 cm³/mol. The van der Waals surface area contributed by atoms with Crippen molar-refractivity contribution >= 4 is 44.9 Å². The zero-order valence-corrected chi connectivity index (χ0v) is 40.1. The molecule has 0 saturated carbocycles. The van der Waals surface area contributed by atoms with Crippen LogP contribution in [0.2, 0.25) is 0 Å². The van der Waals surface area contributed by atoms with Gasteiger partial charge in [-0.05, 0) is 150 Å². The van der Waals surface area contributed by atoms with E-state index in [-0.39, 0.29) is 0 Å². The highest BCUT2D eigenvalue weighted by Gasteiger charge is 2.51. The van der Waals surface area contributed by atoms with Crippen molar-refractivity contribution in [2.75, 3.05) is 9.80 Å². The molecule has 2 nitrogen and oxygen atoms in total. The SMILES string of the molecule is c1ccc(-c2ccc(N(c3ccc(-c4cccc(N(c5ccccc5)c5ccc6c(c5)C5(c7ccccc7-c7ccccc75)c5ccccc5-6)c4)cc3)c3ccc4ccccc4c3-c3ccccc3)cc2)cc1. The van der Waals surface area contributed by atoms with Crippen LogP contribution in [0.5, 0.6) is 0 Å². The molecular formula is C71H48N2. The molecule has 0 bridgehead atoms. The van der Waals surface area contributed by atoms with Gasteiger partial charge in [0.2, 0.25) is 0 Å². The van der Waals surface area contributed by atoms with Gasteiger partial charge in [0.05, 0.1) is 11.1 Å². The Morgan fingerprint density at radius 2 is 0.658 bits per heavy atom. The van der Waals surface area contributed by atoms with E-state index in [0.717, 1.165) is 45.3 Å². The van der Waals surface area contributed by atoms with Crippen LogP contribution < -0.4 is 9.80 Å². The molecule has 14 rings (SSSR count). The van der Waals surface area contributed by atoms with Gasteiger partial charge in [0.15, 0.2) is 0 Å². The Balaban J connectivity index is 0.887. The van der Waals surface area contributed by atoms with E-state index in [4.69, 9.17) is 0 Å². The lowest BCUT2D eigenvalue weighted by Crippen LogP contribution is -2.26. The summed E-state index contributed by atoms with van der Waals surface area (Å²) in [6.45, 7) is 0. The van der Waals surface area contributed by atoms with Gasteiger partial charge in [0.25, 0.3) is 0 Å². The Morgan fingerprint density at radius 1 is 0.233 bits per heavy atom. The lowest BCUT2D eigenvalue weighted by Gasteiger charge is -2.32. The van der Waals surface area contributed by atoms with Gasteiger partial charge in [0.1, 0.15) is 0 Å². The van der Waals surface area contributed by atoms with Crippen LogP contribution in [0.15, 0.2) is 291 Å². The van der Waals surface area contributed by atoms with Gasteiger partial charge >= 0.3 is 0 Å². The standard InChI is InChI=1S/C71H48N2/c1-4-19-49(20-5-1)50-35-40-56(41-36-50)73(69-46-39-52-21-10-11-28-60(52)70(69)53-22-6-2-7-23-53)57-42-37-51(38-43-57)54-24-18-27-58(47-54)72(55-25-8-3-9-26-55)59-44-45-64-63-31-14-17-34-67(63)71(68(64)48-59)65-32-15-12-29-61(65)62-30-13-16-33-66(62)71/h1-48H. The second kappa shape index (κ2) is 17.4. The molecule has 0 atom stereocenters. The molecule has 0 heterocycles. The third-order valence-electron chi connectivity index (χ3n) is 15.3. The van der Waals surface area contributed by atoms with Gasteiger partial charge in [-0.3, -0.25) is 0 Å². The number of nitrogens with zero attached hydrogens (tertiary/aromatic N) is 2. The van der Waals surface area contributed by atoms with E-state index in [2.05, 4.69) is 301 Å². The van der Waals surface area contributed by atoms with Crippen molar-refractivity contribution in [1.29, 1.82) is 0 Å². The molecule has 0 saturated heterocycles. The van der Waals surface area contributed by atoms with Crippen LogP contribution in [0.3, 0.4) is 0 Å². The van der Waals surface area contributed by atoms with Crippen molar-refractivity contribution < 1.29 is 0 Å². The highest BCUT2D eigenvalue weighted by molar-refractivity contribution is 6.05. The molecule has 73 heavy (non-hydrogen) atoms.